The Morgan fingerprint density at radius 3 is 2.34 bits per heavy atom. The molecule has 0 aliphatic heterocycles. The second kappa shape index (κ2) is 10.2. The van der Waals surface area contributed by atoms with E-state index in [9.17, 15) is 13.2 Å². The van der Waals surface area contributed by atoms with Crippen molar-refractivity contribution in [2.75, 3.05) is 24.3 Å². The summed E-state index contributed by atoms with van der Waals surface area (Å²) in [6.45, 7) is 0.845. The number of pyridine rings is 1. The fraction of sp³-hybridized carbons (Fsp3) is 0.217. The molecule has 2 aromatic carbocycles. The summed E-state index contributed by atoms with van der Waals surface area (Å²) >= 11 is 11.3. The summed E-state index contributed by atoms with van der Waals surface area (Å²) in [5.41, 5.74) is 2.14. The molecular formula is C23H22ClF3N4S. The second-order valence-electron chi connectivity index (χ2n) is 7.36. The van der Waals surface area contributed by atoms with Gasteiger partial charge in [0.05, 0.1) is 22.8 Å². The number of nitrogens with zero attached hydrogens (tertiary/aromatic N) is 3. The van der Waals surface area contributed by atoms with E-state index in [4.69, 9.17) is 23.8 Å². The lowest BCUT2D eigenvalue weighted by Gasteiger charge is -2.26. The van der Waals surface area contributed by atoms with Crippen LogP contribution in [0.3, 0.4) is 0 Å². The molecule has 0 saturated carbocycles. The van der Waals surface area contributed by atoms with Crippen LogP contribution < -0.4 is 10.2 Å². The Bertz CT molecular complexity index is 1060. The van der Waals surface area contributed by atoms with E-state index >= 15 is 0 Å². The van der Waals surface area contributed by atoms with Crippen LogP contribution in [0, 0.1) is 0 Å². The molecule has 0 aliphatic rings. The summed E-state index contributed by atoms with van der Waals surface area (Å²) in [5, 5.41) is 2.83. The van der Waals surface area contributed by atoms with Gasteiger partial charge in [-0.25, -0.2) is 0 Å². The highest BCUT2D eigenvalue weighted by Crippen LogP contribution is 2.36. The molecule has 0 aliphatic carbocycles. The Morgan fingerprint density at radius 2 is 1.75 bits per heavy atom. The van der Waals surface area contributed by atoms with Gasteiger partial charge in [0.1, 0.15) is 0 Å². The lowest BCUT2D eigenvalue weighted by molar-refractivity contribution is -0.137. The van der Waals surface area contributed by atoms with Crippen molar-refractivity contribution < 1.29 is 13.2 Å². The Labute approximate surface area is 195 Å². The molecule has 32 heavy (non-hydrogen) atoms. The molecule has 0 amide bonds. The SMILES string of the molecule is CN(C)c1ccc(CN(Cc2ccccn2)C(=S)Nc2ccc(Cl)c(C(F)(F)F)c2)cc1. The van der Waals surface area contributed by atoms with Crippen LogP contribution in [-0.2, 0) is 19.3 Å². The van der Waals surface area contributed by atoms with Crippen molar-refractivity contribution in [3.05, 3.63) is 88.7 Å². The maximum atomic E-state index is 13.2. The largest absolute Gasteiger partial charge is 0.417 e. The third-order valence-electron chi connectivity index (χ3n) is 4.72. The number of hydrogen-bond acceptors (Lipinski definition) is 3. The van der Waals surface area contributed by atoms with Crippen molar-refractivity contribution in [2.24, 2.45) is 0 Å². The first kappa shape index (κ1) is 23.8. The fourth-order valence-electron chi connectivity index (χ4n) is 3.03. The predicted molar refractivity (Wildman–Crippen MR) is 127 cm³/mol. The first-order chi connectivity index (χ1) is 15.1. The molecule has 0 spiro atoms. The summed E-state index contributed by atoms with van der Waals surface area (Å²) in [6.07, 6.45) is -2.87. The lowest BCUT2D eigenvalue weighted by Crippen LogP contribution is -2.34. The first-order valence-corrected chi connectivity index (χ1v) is 10.5. The van der Waals surface area contributed by atoms with Crippen LogP contribution in [0.5, 0.6) is 0 Å². The minimum absolute atomic E-state index is 0.209. The van der Waals surface area contributed by atoms with Gasteiger partial charge in [-0.1, -0.05) is 29.8 Å². The molecule has 168 valence electrons. The zero-order valence-electron chi connectivity index (χ0n) is 17.5. The maximum absolute atomic E-state index is 13.2. The Balaban J connectivity index is 1.83. The molecule has 1 aromatic heterocycles. The summed E-state index contributed by atoms with van der Waals surface area (Å²) in [7, 11) is 3.92. The molecule has 4 nitrogen and oxygen atoms in total. The number of thiocarbonyl (C=S) groups is 1. The Hall–Kier alpha value is -2.84. The van der Waals surface area contributed by atoms with Crippen LogP contribution in [0.2, 0.25) is 5.02 Å². The van der Waals surface area contributed by atoms with Crippen molar-refractivity contribution in [1.29, 1.82) is 0 Å². The van der Waals surface area contributed by atoms with Crippen LogP contribution in [0.1, 0.15) is 16.8 Å². The van der Waals surface area contributed by atoms with Gasteiger partial charge in [-0.3, -0.25) is 4.98 Å². The number of alkyl halides is 3. The van der Waals surface area contributed by atoms with Gasteiger partial charge in [0.25, 0.3) is 0 Å². The van der Waals surface area contributed by atoms with Crippen molar-refractivity contribution in [2.45, 2.75) is 19.3 Å². The quantitative estimate of drug-likeness (QED) is 0.425. The van der Waals surface area contributed by atoms with Gasteiger partial charge in [-0.15, -0.1) is 0 Å². The Kier molecular flexibility index (Phi) is 7.58. The van der Waals surface area contributed by atoms with Gasteiger partial charge in [0, 0.05) is 38.2 Å². The van der Waals surface area contributed by atoms with Crippen LogP contribution >= 0.6 is 23.8 Å². The third kappa shape index (κ3) is 6.34. The minimum atomic E-state index is -4.56. The van der Waals surface area contributed by atoms with Crippen molar-refractivity contribution in [3.8, 4) is 0 Å². The molecule has 0 fully saturated rings. The lowest BCUT2D eigenvalue weighted by atomic mass is 10.1. The van der Waals surface area contributed by atoms with Crippen LogP contribution in [0.25, 0.3) is 0 Å². The first-order valence-electron chi connectivity index (χ1n) is 9.72. The molecule has 9 heteroatoms. The summed E-state index contributed by atoms with van der Waals surface area (Å²) in [5.74, 6) is 0. The highest BCUT2D eigenvalue weighted by atomic mass is 35.5. The molecule has 0 bridgehead atoms. The highest BCUT2D eigenvalue weighted by Gasteiger charge is 2.33. The van der Waals surface area contributed by atoms with E-state index in [0.717, 1.165) is 23.0 Å². The number of benzene rings is 2. The molecule has 0 unspecified atom stereocenters. The molecule has 1 N–H and O–H groups in total. The normalized spacial score (nSPS) is 11.2. The average Bonchev–Trinajstić information content (AvgIpc) is 2.75. The van der Waals surface area contributed by atoms with Crippen molar-refractivity contribution in [1.82, 2.24) is 9.88 Å². The van der Waals surface area contributed by atoms with E-state index in [1.165, 1.54) is 12.1 Å². The van der Waals surface area contributed by atoms with E-state index in [-0.39, 0.29) is 15.8 Å². The zero-order valence-corrected chi connectivity index (χ0v) is 19.1. The summed E-state index contributed by atoms with van der Waals surface area (Å²) in [6, 6.07) is 17.2. The standard InChI is InChI=1S/C23H22ClF3N4S/c1-30(2)19-9-6-16(7-10-19)14-31(15-18-5-3-4-12-28-18)22(32)29-17-8-11-21(24)20(13-17)23(25,26)27/h3-13H,14-15H2,1-2H3,(H,29,32). The molecule has 3 aromatic rings. The van der Waals surface area contributed by atoms with Crippen LogP contribution in [0.15, 0.2) is 66.9 Å². The molecule has 0 atom stereocenters. The monoisotopic (exact) mass is 478 g/mol. The highest BCUT2D eigenvalue weighted by molar-refractivity contribution is 7.80. The van der Waals surface area contributed by atoms with E-state index in [1.54, 1.807) is 6.20 Å². The van der Waals surface area contributed by atoms with Crippen LogP contribution in [-0.4, -0.2) is 29.1 Å². The van der Waals surface area contributed by atoms with Gasteiger partial charge in [0.2, 0.25) is 0 Å². The number of halogens is 4. The number of anilines is 2. The fourth-order valence-corrected chi connectivity index (χ4v) is 3.50. The molecule has 3 rings (SSSR count). The number of rotatable bonds is 6. The summed E-state index contributed by atoms with van der Waals surface area (Å²) in [4.78, 5) is 8.19. The Morgan fingerprint density at radius 1 is 1.03 bits per heavy atom. The van der Waals surface area contributed by atoms with Crippen molar-refractivity contribution in [3.63, 3.8) is 0 Å². The number of hydrogen-bond donors (Lipinski definition) is 1. The van der Waals surface area contributed by atoms with E-state index in [2.05, 4.69) is 10.3 Å². The zero-order chi connectivity index (χ0) is 23.3. The van der Waals surface area contributed by atoms with Gasteiger partial charge in [-0.05, 0) is 60.2 Å². The molecule has 0 saturated heterocycles. The van der Waals surface area contributed by atoms with Gasteiger partial charge in [0.15, 0.2) is 5.11 Å². The maximum Gasteiger partial charge on any atom is 0.417 e. The summed E-state index contributed by atoms with van der Waals surface area (Å²) < 4.78 is 39.7. The van der Waals surface area contributed by atoms with Crippen molar-refractivity contribution >= 4 is 40.3 Å². The van der Waals surface area contributed by atoms with Gasteiger partial charge < -0.3 is 15.1 Å². The average molecular weight is 479 g/mol. The molecule has 1 heterocycles. The molecular weight excluding hydrogens is 457 g/mol. The van der Waals surface area contributed by atoms with E-state index < -0.39 is 11.7 Å². The van der Waals surface area contributed by atoms with E-state index in [0.29, 0.717) is 13.1 Å². The topological polar surface area (TPSA) is 31.4 Å². The number of aromatic nitrogens is 1. The predicted octanol–water partition coefficient (Wildman–Crippen LogP) is 6.22. The molecule has 0 radical (unpaired) electrons. The smallest absolute Gasteiger partial charge is 0.378 e. The van der Waals surface area contributed by atoms with Crippen LogP contribution in [0.4, 0.5) is 24.5 Å². The van der Waals surface area contributed by atoms with E-state index in [1.807, 2.05) is 66.4 Å². The number of nitrogens with one attached hydrogen (secondary N) is 1. The van der Waals surface area contributed by atoms with Gasteiger partial charge in [-0.2, -0.15) is 13.2 Å². The second-order valence-corrected chi connectivity index (χ2v) is 8.15. The minimum Gasteiger partial charge on any atom is -0.378 e. The third-order valence-corrected chi connectivity index (χ3v) is 5.41. The van der Waals surface area contributed by atoms with Gasteiger partial charge >= 0.3 is 6.18 Å².